The Morgan fingerprint density at radius 3 is 2.94 bits per heavy atom. The van der Waals surface area contributed by atoms with Gasteiger partial charge in [0.05, 0.1) is 5.02 Å². The number of carbonyl (C=O) groups excluding carboxylic acids is 1. The van der Waals surface area contributed by atoms with Gasteiger partial charge in [0.15, 0.2) is 0 Å². The second-order valence-electron chi connectivity index (χ2n) is 4.35. The van der Waals surface area contributed by atoms with Crippen molar-refractivity contribution in [3.63, 3.8) is 0 Å². The maximum atomic E-state index is 12.0. The summed E-state index contributed by atoms with van der Waals surface area (Å²) >= 11 is 9.21. The molecule has 1 heterocycles. The normalized spacial score (nSPS) is 20.5. The molecule has 0 bridgehead atoms. The summed E-state index contributed by atoms with van der Waals surface area (Å²) in [5.41, 5.74) is 0.635. The summed E-state index contributed by atoms with van der Waals surface area (Å²) in [5.74, 6) is -0.0392. The summed E-state index contributed by atoms with van der Waals surface area (Å²) in [7, 11) is 2.06. The molecule has 1 aromatic carbocycles. The van der Waals surface area contributed by atoms with E-state index in [2.05, 4.69) is 33.2 Å². The van der Waals surface area contributed by atoms with E-state index in [1.54, 1.807) is 18.2 Å². The van der Waals surface area contributed by atoms with Crippen molar-refractivity contribution in [2.45, 2.75) is 12.5 Å². The third kappa shape index (κ3) is 3.21. The number of hydrogen-bond acceptors (Lipinski definition) is 2. The van der Waals surface area contributed by atoms with Gasteiger partial charge < -0.3 is 10.2 Å². The summed E-state index contributed by atoms with van der Waals surface area (Å²) in [6.45, 7) is 1.95. The minimum Gasteiger partial charge on any atom is -0.348 e. The second kappa shape index (κ2) is 5.38. The molecule has 0 radical (unpaired) electrons. The summed E-state index contributed by atoms with van der Waals surface area (Å²) < 4.78 is 0.746. The lowest BCUT2D eigenvalue weighted by Crippen LogP contribution is -2.36. The van der Waals surface area contributed by atoms with Gasteiger partial charge in [0.25, 0.3) is 5.91 Å². The third-order valence-corrected chi connectivity index (χ3v) is 4.12. The lowest BCUT2D eigenvalue weighted by atomic mass is 10.2. The molecule has 1 N–H and O–H groups in total. The van der Waals surface area contributed by atoms with Crippen molar-refractivity contribution in [3.05, 3.63) is 33.3 Å². The van der Waals surface area contributed by atoms with Gasteiger partial charge in [-0.05, 0) is 54.1 Å². The number of benzene rings is 1. The van der Waals surface area contributed by atoms with Crippen molar-refractivity contribution in [2.75, 3.05) is 20.1 Å². The van der Waals surface area contributed by atoms with Crippen molar-refractivity contribution in [2.24, 2.45) is 0 Å². The molecule has 1 unspecified atom stereocenters. The maximum absolute atomic E-state index is 12.0. The fourth-order valence-corrected chi connectivity index (χ4v) is 2.46. The minimum atomic E-state index is -0.0392. The minimum absolute atomic E-state index is 0.0392. The lowest BCUT2D eigenvalue weighted by Gasteiger charge is -2.13. The zero-order valence-electron chi connectivity index (χ0n) is 9.54. The number of carbonyl (C=O) groups is 1. The number of likely N-dealkylation sites (tertiary alicyclic amines) is 1. The Kier molecular flexibility index (Phi) is 4.07. The number of amides is 1. The van der Waals surface area contributed by atoms with Crippen LogP contribution in [0.25, 0.3) is 0 Å². The fraction of sp³-hybridized carbons (Fsp3) is 0.417. The zero-order chi connectivity index (χ0) is 12.4. The van der Waals surface area contributed by atoms with Crippen molar-refractivity contribution in [1.29, 1.82) is 0 Å². The van der Waals surface area contributed by atoms with Crippen LogP contribution in [0.15, 0.2) is 22.7 Å². The first-order valence-electron chi connectivity index (χ1n) is 5.50. The zero-order valence-corrected chi connectivity index (χ0v) is 11.9. The molecule has 1 atom stereocenters. The molecule has 1 aliphatic heterocycles. The second-order valence-corrected chi connectivity index (χ2v) is 5.61. The number of nitrogens with one attached hydrogen (secondary N) is 1. The topological polar surface area (TPSA) is 32.3 Å². The molecular formula is C12H14BrClN2O. The molecule has 0 aliphatic carbocycles. The van der Waals surface area contributed by atoms with E-state index >= 15 is 0 Å². The highest BCUT2D eigenvalue weighted by atomic mass is 79.9. The Balaban J connectivity index is 2.02. The van der Waals surface area contributed by atoms with Crippen LogP contribution in [-0.2, 0) is 0 Å². The van der Waals surface area contributed by atoms with Crippen LogP contribution in [0.2, 0.25) is 5.02 Å². The van der Waals surface area contributed by atoms with Crippen LogP contribution in [0.1, 0.15) is 16.8 Å². The Morgan fingerprint density at radius 2 is 2.35 bits per heavy atom. The Morgan fingerprint density at radius 1 is 1.59 bits per heavy atom. The molecule has 1 amide bonds. The van der Waals surface area contributed by atoms with Crippen molar-refractivity contribution >= 4 is 33.4 Å². The molecule has 17 heavy (non-hydrogen) atoms. The highest BCUT2D eigenvalue weighted by molar-refractivity contribution is 9.10. The van der Waals surface area contributed by atoms with Crippen molar-refractivity contribution in [3.8, 4) is 0 Å². The fourth-order valence-electron chi connectivity index (χ4n) is 1.96. The molecule has 5 heteroatoms. The predicted octanol–water partition coefficient (Wildman–Crippen LogP) is 2.54. The number of likely N-dealkylation sites (N-methyl/N-ethyl adjacent to an activating group) is 1. The largest absolute Gasteiger partial charge is 0.348 e. The van der Waals surface area contributed by atoms with Crippen LogP contribution >= 0.6 is 27.5 Å². The Bertz CT molecular complexity index is 439. The van der Waals surface area contributed by atoms with E-state index in [0.29, 0.717) is 10.6 Å². The number of nitrogens with zero attached hydrogens (tertiary/aromatic N) is 1. The number of halogens is 2. The standard InChI is InChI=1S/C12H14BrClN2O/c1-16-5-4-9(7-16)15-12(17)8-2-3-11(14)10(13)6-8/h2-3,6,9H,4-5,7H2,1H3,(H,15,17). The molecule has 3 nitrogen and oxygen atoms in total. The van der Waals surface area contributed by atoms with E-state index < -0.39 is 0 Å². The summed E-state index contributed by atoms with van der Waals surface area (Å²) in [4.78, 5) is 14.2. The third-order valence-electron chi connectivity index (χ3n) is 2.91. The highest BCUT2D eigenvalue weighted by Gasteiger charge is 2.21. The van der Waals surface area contributed by atoms with Crippen molar-refractivity contribution in [1.82, 2.24) is 10.2 Å². The van der Waals surface area contributed by atoms with Crippen LogP contribution in [0.5, 0.6) is 0 Å². The van der Waals surface area contributed by atoms with Crippen LogP contribution < -0.4 is 5.32 Å². The maximum Gasteiger partial charge on any atom is 0.251 e. The van der Waals surface area contributed by atoms with Gasteiger partial charge in [0.2, 0.25) is 0 Å². The molecule has 1 saturated heterocycles. The molecule has 0 spiro atoms. The SMILES string of the molecule is CN1CCC(NC(=O)c2ccc(Cl)c(Br)c2)C1. The van der Waals surface area contributed by atoms with E-state index in [0.717, 1.165) is 24.0 Å². The average molecular weight is 318 g/mol. The first-order valence-corrected chi connectivity index (χ1v) is 6.68. The van der Waals surface area contributed by atoms with E-state index in [1.165, 1.54) is 0 Å². The van der Waals surface area contributed by atoms with E-state index in [4.69, 9.17) is 11.6 Å². The lowest BCUT2D eigenvalue weighted by molar-refractivity contribution is 0.0938. The van der Waals surface area contributed by atoms with E-state index in [-0.39, 0.29) is 11.9 Å². The Labute approximate surface area is 114 Å². The summed E-state index contributed by atoms with van der Waals surface area (Å²) in [6, 6.07) is 5.46. The average Bonchev–Trinajstić information content (AvgIpc) is 2.68. The first-order chi connectivity index (χ1) is 8.06. The molecule has 92 valence electrons. The van der Waals surface area contributed by atoms with Crippen LogP contribution in [0, 0.1) is 0 Å². The van der Waals surface area contributed by atoms with Gasteiger partial charge in [-0.1, -0.05) is 11.6 Å². The van der Waals surface area contributed by atoms with Crippen molar-refractivity contribution < 1.29 is 4.79 Å². The molecule has 1 aromatic rings. The quantitative estimate of drug-likeness (QED) is 0.909. The predicted molar refractivity (Wildman–Crippen MR) is 72.5 cm³/mol. The van der Waals surface area contributed by atoms with Crippen LogP contribution in [0.4, 0.5) is 0 Å². The summed E-state index contributed by atoms with van der Waals surface area (Å²) in [6.07, 6.45) is 1.01. The van der Waals surface area contributed by atoms with Crippen LogP contribution in [-0.4, -0.2) is 37.0 Å². The molecule has 0 aromatic heterocycles. The first kappa shape index (κ1) is 12.9. The molecule has 1 fully saturated rings. The highest BCUT2D eigenvalue weighted by Crippen LogP contribution is 2.23. The monoisotopic (exact) mass is 316 g/mol. The molecule has 2 rings (SSSR count). The number of rotatable bonds is 2. The van der Waals surface area contributed by atoms with Crippen LogP contribution in [0.3, 0.4) is 0 Å². The van der Waals surface area contributed by atoms with Gasteiger partial charge in [0.1, 0.15) is 0 Å². The van der Waals surface area contributed by atoms with E-state index in [9.17, 15) is 4.79 Å². The van der Waals surface area contributed by atoms with Gasteiger partial charge in [0, 0.05) is 22.6 Å². The molecule has 1 aliphatic rings. The van der Waals surface area contributed by atoms with Gasteiger partial charge >= 0.3 is 0 Å². The molecule has 0 saturated carbocycles. The van der Waals surface area contributed by atoms with Gasteiger partial charge in [-0.2, -0.15) is 0 Å². The summed E-state index contributed by atoms with van der Waals surface area (Å²) in [5, 5.41) is 3.64. The van der Waals surface area contributed by atoms with Gasteiger partial charge in [-0.15, -0.1) is 0 Å². The van der Waals surface area contributed by atoms with Gasteiger partial charge in [-0.3, -0.25) is 4.79 Å². The number of hydrogen-bond donors (Lipinski definition) is 1. The molecular weight excluding hydrogens is 304 g/mol. The smallest absolute Gasteiger partial charge is 0.251 e. The van der Waals surface area contributed by atoms with E-state index in [1.807, 2.05) is 0 Å². The van der Waals surface area contributed by atoms with Gasteiger partial charge in [-0.25, -0.2) is 0 Å². The Hall–Kier alpha value is -0.580.